The van der Waals surface area contributed by atoms with E-state index in [1.165, 1.54) is 30.2 Å². The Kier molecular flexibility index (Phi) is 11.6. The Morgan fingerprint density at radius 1 is 0.915 bits per heavy atom. The first kappa shape index (κ1) is 34.5. The zero-order valence-electron chi connectivity index (χ0n) is 26.0. The van der Waals surface area contributed by atoms with Gasteiger partial charge in [0.15, 0.2) is 0 Å². The first-order chi connectivity index (χ1) is 22.7. The lowest BCUT2D eigenvalue weighted by Crippen LogP contribution is -2.54. The average molecular weight is 739 g/mol. The second kappa shape index (κ2) is 15.8. The number of hydrogen-bond donors (Lipinski definition) is 1. The second-order valence-corrected chi connectivity index (χ2v) is 14.7. The van der Waals surface area contributed by atoms with Gasteiger partial charge in [0.1, 0.15) is 18.3 Å². The topological polar surface area (TPSA) is 96.0 Å². The fourth-order valence-corrected chi connectivity index (χ4v) is 7.71. The smallest absolute Gasteiger partial charge is 0.264 e. The maximum absolute atomic E-state index is 14.6. The van der Waals surface area contributed by atoms with Gasteiger partial charge in [-0.25, -0.2) is 8.42 Å². The Morgan fingerprint density at radius 3 is 2.17 bits per heavy atom. The molecule has 0 aromatic heterocycles. The molecule has 11 heteroatoms. The highest BCUT2D eigenvalue weighted by Gasteiger charge is 2.35. The third-order valence-corrected chi connectivity index (χ3v) is 10.9. The minimum absolute atomic E-state index is 0.0130. The third kappa shape index (κ3) is 8.74. The van der Waals surface area contributed by atoms with Gasteiger partial charge in [-0.2, -0.15) is 0 Å². The van der Waals surface area contributed by atoms with Gasteiger partial charge < -0.3 is 15.0 Å². The molecule has 47 heavy (non-hydrogen) atoms. The minimum Gasteiger partial charge on any atom is -0.495 e. The van der Waals surface area contributed by atoms with Crippen molar-refractivity contribution in [3.05, 3.63) is 124 Å². The number of amides is 2. The van der Waals surface area contributed by atoms with Crippen LogP contribution in [0.4, 0.5) is 5.69 Å². The Labute approximate surface area is 289 Å². The van der Waals surface area contributed by atoms with Crippen LogP contribution in [0.15, 0.2) is 112 Å². The van der Waals surface area contributed by atoms with Crippen LogP contribution < -0.4 is 14.4 Å². The van der Waals surface area contributed by atoms with Crippen molar-refractivity contribution in [2.45, 2.75) is 55.6 Å². The van der Waals surface area contributed by atoms with Gasteiger partial charge in [-0.3, -0.25) is 13.9 Å². The number of sulfonamides is 1. The molecule has 1 fully saturated rings. The number of nitrogens with zero attached hydrogens (tertiary/aromatic N) is 2. The first-order valence-electron chi connectivity index (χ1n) is 15.5. The summed E-state index contributed by atoms with van der Waals surface area (Å²) in [6.07, 6.45) is 4.08. The lowest BCUT2D eigenvalue weighted by atomic mass is 10.0. The molecule has 1 N–H and O–H groups in total. The van der Waals surface area contributed by atoms with Gasteiger partial charge in [0.25, 0.3) is 10.0 Å². The quantitative estimate of drug-likeness (QED) is 0.159. The van der Waals surface area contributed by atoms with E-state index in [1.807, 2.05) is 54.6 Å². The summed E-state index contributed by atoms with van der Waals surface area (Å²) in [4.78, 5) is 30.3. The molecule has 0 heterocycles. The van der Waals surface area contributed by atoms with Gasteiger partial charge in [0.2, 0.25) is 11.8 Å². The first-order valence-corrected chi connectivity index (χ1v) is 18.1. The fraction of sp³-hybridized carbons (Fsp3) is 0.278. The number of carbonyl (C=O) groups is 2. The molecule has 5 rings (SSSR count). The zero-order valence-corrected chi connectivity index (χ0v) is 29.2. The van der Waals surface area contributed by atoms with Crippen LogP contribution in [0.1, 0.15) is 36.8 Å². The van der Waals surface area contributed by atoms with Crippen LogP contribution in [0.2, 0.25) is 5.02 Å². The molecule has 0 radical (unpaired) electrons. The summed E-state index contributed by atoms with van der Waals surface area (Å²) in [5.74, 6) is -0.444. The third-order valence-electron chi connectivity index (χ3n) is 8.27. The van der Waals surface area contributed by atoms with Crippen LogP contribution in [-0.4, -0.2) is 50.9 Å². The molecule has 8 nitrogen and oxygen atoms in total. The molecular weight excluding hydrogens is 702 g/mol. The van der Waals surface area contributed by atoms with Crippen molar-refractivity contribution in [1.82, 2.24) is 10.2 Å². The average Bonchev–Trinajstić information content (AvgIpc) is 3.59. The summed E-state index contributed by atoms with van der Waals surface area (Å²) in [5.41, 5.74) is 1.85. The monoisotopic (exact) mass is 737 g/mol. The largest absolute Gasteiger partial charge is 0.495 e. The van der Waals surface area contributed by atoms with Crippen LogP contribution in [-0.2, 0) is 32.6 Å². The van der Waals surface area contributed by atoms with E-state index in [0.717, 1.165) is 45.6 Å². The standard InChI is InChI=1S/C36H37BrClN3O5S/c1-46-34-21-20-30(23-32(34)38)41(47(44,45)31-14-6-3-7-15-31)25-35(42)40(24-27-16-18-28(37)19-17-27)33(22-26-10-4-2-5-11-26)36(43)39-29-12-8-9-13-29/h2-7,10-11,14-21,23,29,33H,8-9,12-13,22,24-25H2,1H3,(H,39,43). The highest BCUT2D eigenvalue weighted by molar-refractivity contribution is 9.10. The van der Waals surface area contributed by atoms with E-state index in [1.54, 1.807) is 30.3 Å². The molecule has 0 aliphatic heterocycles. The number of anilines is 1. The number of benzene rings is 4. The van der Waals surface area contributed by atoms with Crippen molar-refractivity contribution < 1.29 is 22.7 Å². The molecule has 4 aromatic rings. The van der Waals surface area contributed by atoms with Crippen LogP contribution in [0, 0.1) is 0 Å². The van der Waals surface area contributed by atoms with Crippen molar-refractivity contribution in [2.75, 3.05) is 18.0 Å². The zero-order chi connectivity index (χ0) is 33.4. The number of methoxy groups -OCH3 is 1. The molecule has 0 bridgehead atoms. The van der Waals surface area contributed by atoms with Crippen molar-refractivity contribution in [3.63, 3.8) is 0 Å². The van der Waals surface area contributed by atoms with E-state index >= 15 is 0 Å². The molecule has 0 saturated heterocycles. The van der Waals surface area contributed by atoms with E-state index < -0.39 is 28.5 Å². The van der Waals surface area contributed by atoms with Gasteiger partial charge >= 0.3 is 0 Å². The molecule has 1 aliphatic carbocycles. The van der Waals surface area contributed by atoms with Crippen molar-refractivity contribution in [1.29, 1.82) is 0 Å². The van der Waals surface area contributed by atoms with Gasteiger partial charge in [-0.05, 0) is 66.4 Å². The Hall–Kier alpha value is -3.86. The number of rotatable bonds is 13. The highest BCUT2D eigenvalue weighted by atomic mass is 79.9. The lowest BCUT2D eigenvalue weighted by molar-refractivity contribution is -0.140. The summed E-state index contributed by atoms with van der Waals surface area (Å²) < 4.78 is 35.5. The van der Waals surface area contributed by atoms with Crippen LogP contribution in [0.5, 0.6) is 5.75 Å². The lowest BCUT2D eigenvalue weighted by Gasteiger charge is -2.34. The molecule has 4 aromatic carbocycles. The van der Waals surface area contributed by atoms with Crippen LogP contribution >= 0.6 is 27.5 Å². The van der Waals surface area contributed by atoms with E-state index in [9.17, 15) is 18.0 Å². The number of ether oxygens (including phenoxy) is 1. The van der Waals surface area contributed by atoms with Crippen molar-refractivity contribution >= 4 is 55.1 Å². The second-order valence-electron chi connectivity index (χ2n) is 11.5. The highest BCUT2D eigenvalue weighted by Crippen LogP contribution is 2.32. The maximum atomic E-state index is 14.6. The number of carbonyl (C=O) groups excluding carboxylic acids is 2. The van der Waals surface area contributed by atoms with Crippen molar-refractivity contribution in [2.24, 2.45) is 0 Å². The fourth-order valence-electron chi connectivity index (χ4n) is 5.77. The van der Waals surface area contributed by atoms with E-state index in [2.05, 4.69) is 21.2 Å². The summed E-state index contributed by atoms with van der Waals surface area (Å²) in [6, 6.07) is 28.6. The predicted octanol–water partition coefficient (Wildman–Crippen LogP) is 7.01. The van der Waals surface area contributed by atoms with Crippen molar-refractivity contribution in [3.8, 4) is 5.75 Å². The molecular formula is C36H37BrClN3O5S. The number of nitrogens with one attached hydrogen (secondary N) is 1. The van der Waals surface area contributed by atoms with Gasteiger partial charge in [-0.1, -0.05) is 101 Å². The predicted molar refractivity (Wildman–Crippen MR) is 188 cm³/mol. The van der Waals surface area contributed by atoms with Gasteiger partial charge in [0.05, 0.1) is 22.7 Å². The molecule has 1 aliphatic rings. The molecule has 1 atom stereocenters. The molecule has 1 unspecified atom stereocenters. The van der Waals surface area contributed by atoms with Crippen LogP contribution in [0.3, 0.4) is 0 Å². The number of hydrogen-bond acceptors (Lipinski definition) is 5. The maximum Gasteiger partial charge on any atom is 0.264 e. The Balaban J connectivity index is 1.57. The van der Waals surface area contributed by atoms with E-state index in [-0.39, 0.29) is 40.5 Å². The number of halogens is 2. The summed E-state index contributed by atoms with van der Waals surface area (Å²) in [7, 11) is -2.78. The molecule has 2 amide bonds. The molecule has 0 spiro atoms. The molecule has 1 saturated carbocycles. The summed E-state index contributed by atoms with van der Waals surface area (Å²) in [6.45, 7) is -0.483. The van der Waals surface area contributed by atoms with Gasteiger partial charge in [0, 0.05) is 23.5 Å². The van der Waals surface area contributed by atoms with Crippen LogP contribution in [0.25, 0.3) is 0 Å². The summed E-state index contributed by atoms with van der Waals surface area (Å²) in [5, 5.41) is 3.38. The SMILES string of the molecule is COc1ccc(N(CC(=O)N(Cc2ccc(Br)cc2)C(Cc2ccccc2)C(=O)NC2CCCC2)S(=O)(=O)c2ccccc2)cc1Cl. The minimum atomic E-state index is -4.24. The summed E-state index contributed by atoms with van der Waals surface area (Å²) >= 11 is 9.92. The molecule has 246 valence electrons. The normalized spacial score (nSPS) is 13.9. The Bertz CT molecular complexity index is 1770. The van der Waals surface area contributed by atoms with E-state index in [4.69, 9.17) is 16.3 Å². The Morgan fingerprint density at radius 2 is 1.55 bits per heavy atom. The van der Waals surface area contributed by atoms with Gasteiger partial charge in [-0.15, -0.1) is 0 Å². The van der Waals surface area contributed by atoms with E-state index in [0.29, 0.717) is 5.75 Å².